The van der Waals surface area contributed by atoms with Crippen LogP contribution < -0.4 is 35.5 Å². The molecule has 0 saturated heterocycles. The predicted octanol–water partition coefficient (Wildman–Crippen LogP) is 2.76. The molecule has 0 aliphatic carbocycles. The molecule has 1 aliphatic heterocycles. The molecule has 1 aliphatic rings. The maximum Gasteiger partial charge on any atom is 0.255 e. The zero-order valence-corrected chi connectivity index (χ0v) is 25.5. The van der Waals surface area contributed by atoms with Gasteiger partial charge in [-0.1, -0.05) is 32.0 Å². The lowest BCUT2D eigenvalue weighted by Gasteiger charge is -2.22. The number of rotatable bonds is 10. The molecule has 43 heavy (non-hydrogen) atoms. The van der Waals surface area contributed by atoms with Crippen molar-refractivity contribution < 1.29 is 33.4 Å². The number of hydrogen-bond acceptors (Lipinski definition) is 7. The Hall–Kier alpha value is -4.28. The van der Waals surface area contributed by atoms with Gasteiger partial charge in [-0.15, -0.1) is 0 Å². The molecule has 0 saturated carbocycles. The van der Waals surface area contributed by atoms with E-state index in [9.17, 15) is 19.2 Å². The number of carbonyl (C=O) groups is 4. The molecular formula is C32H44N4O7. The second-order valence-corrected chi connectivity index (χ2v) is 10.8. The van der Waals surface area contributed by atoms with Crippen molar-refractivity contribution in [1.82, 2.24) is 21.3 Å². The molecule has 4 amide bonds. The molecule has 11 heteroatoms. The Labute approximate surface area is 253 Å². The van der Waals surface area contributed by atoms with Crippen LogP contribution in [0.15, 0.2) is 42.5 Å². The van der Waals surface area contributed by atoms with Crippen molar-refractivity contribution >= 4 is 23.6 Å². The largest absolute Gasteiger partial charge is 0.493 e. The van der Waals surface area contributed by atoms with Crippen molar-refractivity contribution in [3.05, 3.63) is 53.6 Å². The van der Waals surface area contributed by atoms with E-state index in [1.165, 1.54) is 0 Å². The molecule has 1 heterocycles. The zero-order chi connectivity index (χ0) is 31.2. The molecular weight excluding hydrogens is 552 g/mol. The minimum Gasteiger partial charge on any atom is -0.493 e. The lowest BCUT2D eigenvalue weighted by atomic mass is 10.0. The third kappa shape index (κ3) is 10.5. The summed E-state index contributed by atoms with van der Waals surface area (Å²) < 4.78 is 16.8. The summed E-state index contributed by atoms with van der Waals surface area (Å²) in [4.78, 5) is 52.5. The summed E-state index contributed by atoms with van der Waals surface area (Å²) >= 11 is 0. The summed E-state index contributed by atoms with van der Waals surface area (Å²) in [6, 6.07) is 10.5. The highest BCUT2D eigenvalue weighted by Crippen LogP contribution is 2.28. The van der Waals surface area contributed by atoms with Crippen molar-refractivity contribution in [3.63, 3.8) is 0 Å². The van der Waals surface area contributed by atoms with Crippen molar-refractivity contribution in [3.8, 4) is 17.2 Å². The number of methoxy groups -OCH3 is 1. The van der Waals surface area contributed by atoms with Crippen LogP contribution in [0.3, 0.4) is 0 Å². The standard InChI is InChI=1S/C32H44N4O7/c1-5-42-27-14-13-22(19-28(27)41-4)10-8-15-33-32(40)25-20-29(37)35-24(18-21(2)3)31(39)34-16-9-17-43-26-12-7-6-11-23(26)30(38)36-25/h6-7,11-14,19,21,24-25H,5,8-10,15-18,20H2,1-4H3,(H,33,40)(H,34,39)(H,35,37)(H,36,38)/t24-,25-/m0/s1. The third-order valence-corrected chi connectivity index (χ3v) is 6.85. The Kier molecular flexibility index (Phi) is 13.1. The average molecular weight is 597 g/mol. The molecule has 0 radical (unpaired) electrons. The van der Waals surface area contributed by atoms with Gasteiger partial charge in [-0.05, 0) is 68.4 Å². The van der Waals surface area contributed by atoms with Gasteiger partial charge in [0.15, 0.2) is 11.5 Å². The topological polar surface area (TPSA) is 144 Å². The monoisotopic (exact) mass is 596 g/mol. The molecule has 0 bridgehead atoms. The first-order valence-electron chi connectivity index (χ1n) is 14.9. The van der Waals surface area contributed by atoms with Gasteiger partial charge in [0, 0.05) is 13.1 Å². The fourth-order valence-corrected chi connectivity index (χ4v) is 4.73. The van der Waals surface area contributed by atoms with Gasteiger partial charge in [0.25, 0.3) is 5.91 Å². The maximum atomic E-state index is 13.3. The lowest BCUT2D eigenvalue weighted by Crippen LogP contribution is -2.52. The highest BCUT2D eigenvalue weighted by Gasteiger charge is 2.28. The van der Waals surface area contributed by atoms with Crippen LogP contribution in [0.25, 0.3) is 0 Å². The number of fused-ring (bicyclic) bond motifs is 1. The quantitative estimate of drug-likeness (QED) is 0.309. The molecule has 0 unspecified atom stereocenters. The zero-order valence-electron chi connectivity index (χ0n) is 25.5. The van der Waals surface area contributed by atoms with Crippen LogP contribution in [0.5, 0.6) is 17.2 Å². The molecule has 2 aromatic rings. The third-order valence-electron chi connectivity index (χ3n) is 6.85. The number of carbonyl (C=O) groups excluding carboxylic acids is 4. The fourth-order valence-electron chi connectivity index (χ4n) is 4.73. The molecule has 0 aromatic heterocycles. The van der Waals surface area contributed by atoms with Crippen LogP contribution in [0.4, 0.5) is 0 Å². The van der Waals surface area contributed by atoms with E-state index in [2.05, 4.69) is 21.3 Å². The summed E-state index contributed by atoms with van der Waals surface area (Å²) in [5.74, 6) is -0.0381. The van der Waals surface area contributed by atoms with Gasteiger partial charge < -0.3 is 35.5 Å². The van der Waals surface area contributed by atoms with Crippen LogP contribution in [0, 0.1) is 5.92 Å². The summed E-state index contributed by atoms with van der Waals surface area (Å²) in [5.41, 5.74) is 1.27. The molecule has 4 N–H and O–H groups in total. The van der Waals surface area contributed by atoms with Crippen LogP contribution in [-0.2, 0) is 20.8 Å². The Morgan fingerprint density at radius 1 is 1.09 bits per heavy atom. The average Bonchev–Trinajstić information content (AvgIpc) is 2.98. The number of benzene rings is 2. The molecule has 11 nitrogen and oxygen atoms in total. The van der Waals surface area contributed by atoms with E-state index >= 15 is 0 Å². The molecule has 2 aromatic carbocycles. The van der Waals surface area contributed by atoms with Crippen molar-refractivity contribution in [2.45, 2.75) is 65.0 Å². The summed E-state index contributed by atoms with van der Waals surface area (Å²) in [7, 11) is 1.59. The second-order valence-electron chi connectivity index (χ2n) is 10.8. The van der Waals surface area contributed by atoms with E-state index in [-0.39, 0.29) is 30.4 Å². The van der Waals surface area contributed by atoms with Crippen LogP contribution in [0.1, 0.15) is 62.4 Å². The SMILES string of the molecule is CCOc1ccc(CCCNC(=O)[C@@H]2CC(=O)N[C@@H](CC(C)C)C(=O)NCCCOc3ccccc3C(=O)N2)cc1OC. The summed E-state index contributed by atoms with van der Waals surface area (Å²) in [5, 5.41) is 11.2. The first-order valence-corrected chi connectivity index (χ1v) is 14.9. The number of amides is 4. The molecule has 234 valence electrons. The van der Waals surface area contributed by atoms with Gasteiger partial charge in [-0.3, -0.25) is 19.2 Å². The minimum atomic E-state index is -1.17. The first-order chi connectivity index (χ1) is 20.7. The van der Waals surface area contributed by atoms with Crippen molar-refractivity contribution in [2.75, 3.05) is 33.4 Å². The second kappa shape index (κ2) is 17.0. The molecule has 3 rings (SSSR count). The van der Waals surface area contributed by atoms with Crippen molar-refractivity contribution in [1.29, 1.82) is 0 Å². The Bertz CT molecular complexity index is 1250. The van der Waals surface area contributed by atoms with Crippen LogP contribution in [-0.4, -0.2) is 69.1 Å². The Morgan fingerprint density at radius 3 is 2.63 bits per heavy atom. The van der Waals surface area contributed by atoms with Crippen LogP contribution in [0.2, 0.25) is 0 Å². The van der Waals surface area contributed by atoms with Gasteiger partial charge in [0.05, 0.1) is 32.3 Å². The lowest BCUT2D eigenvalue weighted by molar-refractivity contribution is -0.131. The van der Waals surface area contributed by atoms with Gasteiger partial charge in [-0.25, -0.2) is 0 Å². The number of ether oxygens (including phenoxy) is 3. The predicted molar refractivity (Wildman–Crippen MR) is 162 cm³/mol. The van der Waals surface area contributed by atoms with Gasteiger partial charge in [0.2, 0.25) is 17.7 Å². The molecule has 2 atom stereocenters. The van der Waals surface area contributed by atoms with Gasteiger partial charge in [-0.2, -0.15) is 0 Å². The smallest absolute Gasteiger partial charge is 0.255 e. The summed E-state index contributed by atoms with van der Waals surface area (Å²) in [6.07, 6.45) is 1.89. The van der Waals surface area contributed by atoms with E-state index in [0.717, 1.165) is 5.56 Å². The first kappa shape index (κ1) is 33.2. The van der Waals surface area contributed by atoms with Crippen LogP contribution >= 0.6 is 0 Å². The Morgan fingerprint density at radius 2 is 1.88 bits per heavy atom. The van der Waals surface area contributed by atoms with E-state index in [0.29, 0.717) is 62.6 Å². The number of aryl methyl sites for hydroxylation is 1. The normalized spacial score (nSPS) is 18.1. The van der Waals surface area contributed by atoms with E-state index < -0.39 is 29.8 Å². The van der Waals surface area contributed by atoms with Gasteiger partial charge in [0.1, 0.15) is 17.8 Å². The molecule has 0 spiro atoms. The minimum absolute atomic E-state index is 0.144. The van der Waals surface area contributed by atoms with E-state index in [4.69, 9.17) is 14.2 Å². The maximum absolute atomic E-state index is 13.3. The highest BCUT2D eigenvalue weighted by molar-refractivity contribution is 6.01. The van der Waals surface area contributed by atoms with E-state index in [1.807, 2.05) is 39.0 Å². The van der Waals surface area contributed by atoms with Crippen molar-refractivity contribution in [2.24, 2.45) is 5.92 Å². The van der Waals surface area contributed by atoms with E-state index in [1.54, 1.807) is 31.4 Å². The fraction of sp³-hybridized carbons (Fsp3) is 0.500. The number of nitrogens with one attached hydrogen (secondary N) is 4. The highest BCUT2D eigenvalue weighted by atomic mass is 16.5. The Balaban J connectivity index is 1.72. The molecule has 0 fully saturated rings. The number of hydrogen-bond donors (Lipinski definition) is 4. The summed E-state index contributed by atoms with van der Waals surface area (Å²) in [6.45, 7) is 7.30. The van der Waals surface area contributed by atoms with Gasteiger partial charge >= 0.3 is 0 Å². The number of para-hydroxylation sites is 1.